The van der Waals surface area contributed by atoms with Crippen LogP contribution >= 0.6 is 0 Å². The Morgan fingerprint density at radius 3 is 2.71 bits per heavy atom. The smallest absolute Gasteiger partial charge is 0.0753 e. The number of morpholine rings is 1. The zero-order valence-corrected chi connectivity index (χ0v) is 11.5. The van der Waals surface area contributed by atoms with Crippen LogP contribution in [0.5, 0.6) is 0 Å². The number of ether oxygens (including phenoxy) is 1. The first-order chi connectivity index (χ1) is 8.12. The molecule has 0 radical (unpaired) electrons. The van der Waals surface area contributed by atoms with Gasteiger partial charge in [-0.05, 0) is 39.2 Å². The largest absolute Gasteiger partial charge is 0.373 e. The van der Waals surface area contributed by atoms with Gasteiger partial charge in [-0.1, -0.05) is 19.3 Å². The highest BCUT2D eigenvalue weighted by atomic mass is 16.5. The van der Waals surface area contributed by atoms with E-state index in [-0.39, 0.29) is 5.60 Å². The van der Waals surface area contributed by atoms with Crippen molar-refractivity contribution in [2.24, 2.45) is 11.7 Å². The van der Waals surface area contributed by atoms with E-state index in [0.29, 0.717) is 12.0 Å². The van der Waals surface area contributed by atoms with Crippen LogP contribution in [0, 0.1) is 5.92 Å². The fraction of sp³-hybridized carbons (Fsp3) is 1.00. The van der Waals surface area contributed by atoms with Gasteiger partial charge in [-0.2, -0.15) is 0 Å². The minimum absolute atomic E-state index is 0.0176. The topological polar surface area (TPSA) is 38.5 Å². The SMILES string of the molecule is CC1(C)CN(C2CCCCCC2CN)CCO1. The van der Waals surface area contributed by atoms with E-state index >= 15 is 0 Å². The van der Waals surface area contributed by atoms with E-state index in [2.05, 4.69) is 18.7 Å². The molecule has 2 atom stereocenters. The van der Waals surface area contributed by atoms with E-state index in [4.69, 9.17) is 10.5 Å². The second kappa shape index (κ2) is 5.68. The number of nitrogens with zero attached hydrogens (tertiary/aromatic N) is 1. The summed E-state index contributed by atoms with van der Waals surface area (Å²) in [6.45, 7) is 8.28. The monoisotopic (exact) mass is 240 g/mol. The van der Waals surface area contributed by atoms with E-state index in [1.165, 1.54) is 32.1 Å². The van der Waals surface area contributed by atoms with Gasteiger partial charge in [0.2, 0.25) is 0 Å². The molecule has 1 saturated carbocycles. The molecule has 0 spiro atoms. The summed E-state index contributed by atoms with van der Waals surface area (Å²) < 4.78 is 5.81. The Bertz CT molecular complexity index is 242. The van der Waals surface area contributed by atoms with E-state index in [1.54, 1.807) is 0 Å². The van der Waals surface area contributed by atoms with Crippen molar-refractivity contribution in [3.63, 3.8) is 0 Å². The van der Waals surface area contributed by atoms with Crippen molar-refractivity contribution in [2.45, 2.75) is 57.6 Å². The van der Waals surface area contributed by atoms with Crippen molar-refractivity contribution in [3.05, 3.63) is 0 Å². The summed E-state index contributed by atoms with van der Waals surface area (Å²) in [5.74, 6) is 0.700. The fourth-order valence-corrected chi connectivity index (χ4v) is 3.46. The van der Waals surface area contributed by atoms with E-state index in [1.807, 2.05) is 0 Å². The summed E-state index contributed by atoms with van der Waals surface area (Å²) in [5.41, 5.74) is 6.00. The van der Waals surface area contributed by atoms with Crippen LogP contribution < -0.4 is 5.73 Å². The lowest BCUT2D eigenvalue weighted by Gasteiger charge is -2.44. The Morgan fingerprint density at radius 1 is 1.24 bits per heavy atom. The van der Waals surface area contributed by atoms with Gasteiger partial charge in [-0.3, -0.25) is 4.90 Å². The average molecular weight is 240 g/mol. The van der Waals surface area contributed by atoms with E-state index in [0.717, 1.165) is 26.2 Å². The number of hydrogen-bond acceptors (Lipinski definition) is 3. The van der Waals surface area contributed by atoms with Gasteiger partial charge in [-0.15, -0.1) is 0 Å². The summed E-state index contributed by atoms with van der Waals surface area (Å²) in [4.78, 5) is 2.65. The predicted molar refractivity (Wildman–Crippen MR) is 71.0 cm³/mol. The molecular formula is C14H28N2O. The third-order valence-corrected chi connectivity index (χ3v) is 4.35. The average Bonchev–Trinajstić information content (AvgIpc) is 2.52. The fourth-order valence-electron chi connectivity index (χ4n) is 3.46. The maximum Gasteiger partial charge on any atom is 0.0753 e. The summed E-state index contributed by atoms with van der Waals surface area (Å²) in [5, 5.41) is 0. The Kier molecular flexibility index (Phi) is 4.45. The zero-order valence-electron chi connectivity index (χ0n) is 11.5. The Hall–Kier alpha value is -0.120. The Labute approximate surface area is 106 Å². The highest BCUT2D eigenvalue weighted by Crippen LogP contribution is 2.29. The van der Waals surface area contributed by atoms with Gasteiger partial charge in [0.05, 0.1) is 12.2 Å². The molecule has 1 aliphatic heterocycles. The number of hydrogen-bond donors (Lipinski definition) is 1. The van der Waals surface area contributed by atoms with Gasteiger partial charge >= 0.3 is 0 Å². The van der Waals surface area contributed by atoms with Crippen molar-refractivity contribution >= 4 is 0 Å². The van der Waals surface area contributed by atoms with Crippen LogP contribution in [0.1, 0.15) is 46.0 Å². The Balaban J connectivity index is 2.02. The molecule has 2 rings (SSSR count). The normalized spacial score (nSPS) is 35.5. The van der Waals surface area contributed by atoms with Crippen LogP contribution in [0.4, 0.5) is 0 Å². The zero-order chi connectivity index (χ0) is 12.3. The van der Waals surface area contributed by atoms with Crippen LogP contribution in [-0.2, 0) is 4.74 Å². The maximum atomic E-state index is 5.98. The maximum absolute atomic E-state index is 5.98. The first-order valence-electron chi connectivity index (χ1n) is 7.20. The van der Waals surface area contributed by atoms with Crippen molar-refractivity contribution in [1.29, 1.82) is 0 Å². The molecule has 2 N–H and O–H groups in total. The molecule has 1 aliphatic carbocycles. The van der Waals surface area contributed by atoms with Gasteiger partial charge in [0.15, 0.2) is 0 Å². The molecule has 2 unspecified atom stereocenters. The third-order valence-electron chi connectivity index (χ3n) is 4.35. The second-order valence-electron chi connectivity index (χ2n) is 6.28. The Morgan fingerprint density at radius 2 is 2.00 bits per heavy atom. The molecule has 0 aromatic rings. The lowest BCUT2D eigenvalue weighted by Crippen LogP contribution is -2.54. The van der Waals surface area contributed by atoms with E-state index in [9.17, 15) is 0 Å². The number of nitrogens with two attached hydrogens (primary N) is 1. The van der Waals surface area contributed by atoms with Gasteiger partial charge in [0, 0.05) is 19.1 Å². The summed E-state index contributed by atoms with van der Waals surface area (Å²) in [6, 6.07) is 0.700. The lowest BCUT2D eigenvalue weighted by atomic mass is 9.92. The van der Waals surface area contributed by atoms with Crippen molar-refractivity contribution in [1.82, 2.24) is 4.90 Å². The highest BCUT2D eigenvalue weighted by molar-refractivity contribution is 4.88. The molecule has 100 valence electrons. The summed E-state index contributed by atoms with van der Waals surface area (Å²) in [7, 11) is 0. The first-order valence-corrected chi connectivity index (χ1v) is 7.20. The van der Waals surface area contributed by atoms with Crippen LogP contribution in [-0.4, -0.2) is 42.8 Å². The van der Waals surface area contributed by atoms with Crippen molar-refractivity contribution in [3.8, 4) is 0 Å². The van der Waals surface area contributed by atoms with Gasteiger partial charge in [0.25, 0.3) is 0 Å². The quantitative estimate of drug-likeness (QED) is 0.750. The second-order valence-corrected chi connectivity index (χ2v) is 6.28. The summed E-state index contributed by atoms with van der Waals surface area (Å²) in [6.07, 6.45) is 6.78. The lowest BCUT2D eigenvalue weighted by molar-refractivity contribution is -0.103. The molecule has 0 bridgehead atoms. The molecular weight excluding hydrogens is 212 g/mol. The molecule has 3 heteroatoms. The molecule has 3 nitrogen and oxygen atoms in total. The molecule has 2 fully saturated rings. The predicted octanol–water partition coefficient (Wildman–Crippen LogP) is 2.00. The van der Waals surface area contributed by atoms with Crippen molar-refractivity contribution in [2.75, 3.05) is 26.2 Å². The van der Waals surface area contributed by atoms with Crippen LogP contribution in [0.2, 0.25) is 0 Å². The third kappa shape index (κ3) is 3.43. The summed E-state index contributed by atoms with van der Waals surface area (Å²) >= 11 is 0. The van der Waals surface area contributed by atoms with Crippen molar-refractivity contribution < 1.29 is 4.74 Å². The highest BCUT2D eigenvalue weighted by Gasteiger charge is 2.34. The minimum atomic E-state index is 0.0176. The van der Waals surface area contributed by atoms with Gasteiger partial charge in [-0.25, -0.2) is 0 Å². The van der Waals surface area contributed by atoms with Crippen LogP contribution in [0.25, 0.3) is 0 Å². The molecule has 0 aromatic carbocycles. The minimum Gasteiger partial charge on any atom is -0.373 e. The van der Waals surface area contributed by atoms with Crippen LogP contribution in [0.3, 0.4) is 0 Å². The van der Waals surface area contributed by atoms with E-state index < -0.39 is 0 Å². The molecule has 17 heavy (non-hydrogen) atoms. The van der Waals surface area contributed by atoms with Gasteiger partial charge in [0.1, 0.15) is 0 Å². The van der Waals surface area contributed by atoms with Crippen LogP contribution in [0.15, 0.2) is 0 Å². The molecule has 1 heterocycles. The molecule has 0 aromatic heterocycles. The number of rotatable bonds is 2. The first kappa shape index (κ1) is 13.3. The molecule has 1 saturated heterocycles. The standard InChI is InChI=1S/C14H28N2O/c1-14(2)11-16(8-9-17-14)13-7-5-3-4-6-12(13)10-15/h12-13H,3-11,15H2,1-2H3. The molecule has 0 amide bonds. The molecule has 2 aliphatic rings. The van der Waals surface area contributed by atoms with Gasteiger partial charge < -0.3 is 10.5 Å².